The molecule has 92 valence electrons. The van der Waals surface area contributed by atoms with Crippen LogP contribution in [0.15, 0.2) is 0 Å². The maximum absolute atomic E-state index is 11.7. The number of nitrogens with zero attached hydrogens (tertiary/aromatic N) is 1. The number of carbonyl (C=O) groups is 1. The van der Waals surface area contributed by atoms with Crippen molar-refractivity contribution >= 4 is 17.7 Å². The van der Waals surface area contributed by atoms with Gasteiger partial charge in [-0.15, -0.1) is 11.8 Å². The molecule has 0 spiro atoms. The Labute approximate surface area is 96.9 Å². The topological polar surface area (TPSA) is 101 Å². The van der Waals surface area contributed by atoms with E-state index in [-0.39, 0.29) is 5.91 Å². The molecular weight excluding hydrogens is 234 g/mol. The molecule has 0 radical (unpaired) electrons. The summed E-state index contributed by atoms with van der Waals surface area (Å²) in [6.07, 6.45) is -3.48. The van der Waals surface area contributed by atoms with Gasteiger partial charge in [0.05, 0.1) is 12.6 Å². The fourth-order valence-corrected chi connectivity index (χ4v) is 3.54. The molecule has 0 bridgehead atoms. The highest BCUT2D eigenvalue weighted by molar-refractivity contribution is 8.00. The fourth-order valence-electron chi connectivity index (χ4n) is 2.21. The Morgan fingerprint density at radius 2 is 1.94 bits per heavy atom. The maximum atomic E-state index is 11.7. The first-order valence-corrected chi connectivity index (χ1v) is 6.20. The number of hydrogen-bond donors (Lipinski definition) is 4. The van der Waals surface area contributed by atoms with Gasteiger partial charge in [-0.3, -0.25) is 4.79 Å². The number of amides is 1. The fraction of sp³-hybridized carbons (Fsp3) is 0.889. The van der Waals surface area contributed by atoms with Gasteiger partial charge in [0.1, 0.15) is 23.7 Å². The van der Waals surface area contributed by atoms with Crippen molar-refractivity contribution < 1.29 is 25.2 Å². The number of fused-ring (bicyclic) bond motifs is 1. The van der Waals surface area contributed by atoms with Crippen LogP contribution in [0, 0.1) is 0 Å². The lowest BCUT2D eigenvalue weighted by atomic mass is 9.93. The summed E-state index contributed by atoms with van der Waals surface area (Å²) in [5, 5.41) is 37.7. The largest absolute Gasteiger partial charge is 0.394 e. The quantitative estimate of drug-likeness (QED) is 0.418. The predicted octanol–water partition coefficient (Wildman–Crippen LogP) is -2.26. The summed E-state index contributed by atoms with van der Waals surface area (Å²) in [6.45, 7) is -0.423. The molecule has 0 aromatic carbocycles. The predicted molar refractivity (Wildman–Crippen MR) is 56.6 cm³/mol. The number of hydrogen-bond acceptors (Lipinski definition) is 6. The minimum absolute atomic E-state index is 0.201. The standard InChI is InChI=1S/C9H15NO5S/c11-3-4-6(13)7(14)8(15)9-10(4)5(12)1-2-16-9/h4,6-9,11,13-15H,1-3H2/t4-,6-,7+,8+,9-/m1/s1. The lowest BCUT2D eigenvalue weighted by molar-refractivity contribution is -0.172. The molecule has 0 aliphatic carbocycles. The normalized spacial score (nSPS) is 44.4. The number of carbonyl (C=O) groups excluding carboxylic acids is 1. The third kappa shape index (κ3) is 1.72. The van der Waals surface area contributed by atoms with Crippen LogP contribution in [0.4, 0.5) is 0 Å². The summed E-state index contributed by atoms with van der Waals surface area (Å²) >= 11 is 1.36. The Bertz CT molecular complexity index is 277. The molecule has 4 N–H and O–H groups in total. The lowest BCUT2D eigenvalue weighted by Gasteiger charge is -2.50. The first-order valence-electron chi connectivity index (χ1n) is 5.15. The second kappa shape index (κ2) is 4.50. The molecule has 16 heavy (non-hydrogen) atoms. The van der Waals surface area contributed by atoms with Gasteiger partial charge in [-0.2, -0.15) is 0 Å². The molecule has 0 unspecified atom stereocenters. The van der Waals surface area contributed by atoms with Crippen molar-refractivity contribution in [1.82, 2.24) is 4.90 Å². The summed E-state index contributed by atoms with van der Waals surface area (Å²) in [5.41, 5.74) is 0. The van der Waals surface area contributed by atoms with Crippen LogP contribution in [0.5, 0.6) is 0 Å². The minimum atomic E-state index is -1.32. The Morgan fingerprint density at radius 1 is 1.25 bits per heavy atom. The lowest BCUT2D eigenvalue weighted by Crippen LogP contribution is -2.68. The van der Waals surface area contributed by atoms with Crippen LogP contribution in [-0.4, -0.2) is 73.3 Å². The number of thioether (sulfide) groups is 1. The van der Waals surface area contributed by atoms with Crippen LogP contribution in [0.1, 0.15) is 6.42 Å². The van der Waals surface area contributed by atoms with Gasteiger partial charge >= 0.3 is 0 Å². The van der Waals surface area contributed by atoms with E-state index in [0.717, 1.165) is 0 Å². The van der Waals surface area contributed by atoms with Crippen molar-refractivity contribution in [2.45, 2.75) is 36.1 Å². The van der Waals surface area contributed by atoms with E-state index in [1.807, 2.05) is 0 Å². The van der Waals surface area contributed by atoms with Crippen LogP contribution >= 0.6 is 11.8 Å². The van der Waals surface area contributed by atoms with Crippen molar-refractivity contribution in [2.75, 3.05) is 12.4 Å². The Balaban J connectivity index is 2.28. The van der Waals surface area contributed by atoms with Crippen molar-refractivity contribution in [2.24, 2.45) is 0 Å². The number of aliphatic hydroxyl groups excluding tert-OH is 4. The van der Waals surface area contributed by atoms with Gasteiger partial charge in [-0.1, -0.05) is 0 Å². The van der Waals surface area contributed by atoms with Crippen molar-refractivity contribution in [3.63, 3.8) is 0 Å². The highest BCUT2D eigenvalue weighted by Crippen LogP contribution is 2.35. The zero-order valence-electron chi connectivity index (χ0n) is 8.56. The minimum Gasteiger partial charge on any atom is -0.394 e. The molecule has 2 aliphatic heterocycles. The van der Waals surface area contributed by atoms with E-state index in [1.54, 1.807) is 0 Å². The molecule has 6 nitrogen and oxygen atoms in total. The van der Waals surface area contributed by atoms with Gasteiger partial charge in [-0.25, -0.2) is 0 Å². The first-order chi connectivity index (χ1) is 7.57. The Hall–Kier alpha value is -0.340. The van der Waals surface area contributed by atoms with E-state index in [2.05, 4.69) is 0 Å². The zero-order valence-corrected chi connectivity index (χ0v) is 9.38. The van der Waals surface area contributed by atoms with E-state index < -0.39 is 36.3 Å². The highest BCUT2D eigenvalue weighted by atomic mass is 32.2. The summed E-state index contributed by atoms with van der Waals surface area (Å²) in [6, 6.07) is -0.830. The summed E-state index contributed by atoms with van der Waals surface area (Å²) in [5.74, 6) is 0.380. The molecule has 0 aromatic rings. The molecule has 0 aromatic heterocycles. The van der Waals surface area contributed by atoms with E-state index >= 15 is 0 Å². The van der Waals surface area contributed by atoms with Crippen molar-refractivity contribution in [3.8, 4) is 0 Å². The Kier molecular flexibility index (Phi) is 3.41. The van der Waals surface area contributed by atoms with Gasteiger partial charge in [0.15, 0.2) is 0 Å². The van der Waals surface area contributed by atoms with Gasteiger partial charge in [0, 0.05) is 12.2 Å². The van der Waals surface area contributed by atoms with Crippen LogP contribution in [-0.2, 0) is 4.79 Å². The molecule has 2 saturated heterocycles. The average Bonchev–Trinajstić information content (AvgIpc) is 2.28. The van der Waals surface area contributed by atoms with Gasteiger partial charge in [0.25, 0.3) is 0 Å². The van der Waals surface area contributed by atoms with Crippen LogP contribution in [0.3, 0.4) is 0 Å². The molecule has 2 fully saturated rings. The van der Waals surface area contributed by atoms with Gasteiger partial charge < -0.3 is 25.3 Å². The molecule has 1 amide bonds. The van der Waals surface area contributed by atoms with E-state index in [0.29, 0.717) is 12.2 Å². The summed E-state index contributed by atoms with van der Waals surface area (Å²) in [4.78, 5) is 13.0. The first kappa shape index (κ1) is 12.1. The number of rotatable bonds is 1. The van der Waals surface area contributed by atoms with Gasteiger partial charge in [-0.05, 0) is 0 Å². The second-order valence-electron chi connectivity index (χ2n) is 4.03. The van der Waals surface area contributed by atoms with Crippen LogP contribution < -0.4 is 0 Å². The zero-order chi connectivity index (χ0) is 11.9. The SMILES string of the molecule is O=C1CCS[C@@H]2[C@@H](O)[C@@H](O)[C@H](O)[C@@H](CO)N12. The van der Waals surface area contributed by atoms with Crippen LogP contribution in [0.25, 0.3) is 0 Å². The summed E-state index contributed by atoms with van der Waals surface area (Å²) in [7, 11) is 0. The van der Waals surface area contributed by atoms with Crippen LogP contribution in [0.2, 0.25) is 0 Å². The van der Waals surface area contributed by atoms with Gasteiger partial charge in [0.2, 0.25) is 5.91 Å². The highest BCUT2D eigenvalue weighted by Gasteiger charge is 2.50. The summed E-state index contributed by atoms with van der Waals surface area (Å²) < 4.78 is 0. The Morgan fingerprint density at radius 3 is 2.56 bits per heavy atom. The molecule has 7 heteroatoms. The van der Waals surface area contributed by atoms with Crippen molar-refractivity contribution in [1.29, 1.82) is 0 Å². The second-order valence-corrected chi connectivity index (χ2v) is 5.26. The monoisotopic (exact) mass is 249 g/mol. The van der Waals surface area contributed by atoms with Crippen molar-refractivity contribution in [3.05, 3.63) is 0 Å². The molecule has 2 aliphatic rings. The molecule has 2 rings (SSSR count). The molecule has 5 atom stereocenters. The number of aliphatic hydroxyl groups is 4. The smallest absolute Gasteiger partial charge is 0.224 e. The molecule has 0 saturated carbocycles. The average molecular weight is 249 g/mol. The number of piperidine rings is 1. The third-order valence-corrected chi connectivity index (χ3v) is 4.38. The third-order valence-electron chi connectivity index (χ3n) is 3.10. The molecule has 2 heterocycles. The molecular formula is C9H15NO5S. The van der Waals surface area contributed by atoms with E-state index in [4.69, 9.17) is 5.11 Å². The maximum Gasteiger partial charge on any atom is 0.224 e. The van der Waals surface area contributed by atoms with E-state index in [1.165, 1.54) is 16.7 Å². The van der Waals surface area contributed by atoms with E-state index in [9.17, 15) is 20.1 Å².